The number of amides is 2. The number of carbonyl (C=O) groups is 2. The first-order valence-corrected chi connectivity index (χ1v) is 7.50. The van der Waals surface area contributed by atoms with Gasteiger partial charge in [-0.05, 0) is 24.1 Å². The number of aryl methyl sites for hydroxylation is 1. The van der Waals surface area contributed by atoms with Crippen LogP contribution in [0.3, 0.4) is 0 Å². The maximum Gasteiger partial charge on any atom is 0.233 e. The molecule has 1 aliphatic heterocycles. The van der Waals surface area contributed by atoms with Crippen molar-refractivity contribution in [2.24, 2.45) is 0 Å². The molecular weight excluding hydrogens is 299 g/mol. The molecule has 2 aromatic rings. The van der Waals surface area contributed by atoms with Gasteiger partial charge in [0.15, 0.2) is 0 Å². The van der Waals surface area contributed by atoms with Crippen molar-refractivity contribution in [3.8, 4) is 0 Å². The molecule has 1 aliphatic rings. The predicted octanol–water partition coefficient (Wildman–Crippen LogP) is 2.50. The number of benzene rings is 1. The summed E-state index contributed by atoms with van der Waals surface area (Å²) in [5.74, 6) is -1.11. The van der Waals surface area contributed by atoms with Gasteiger partial charge in [0.25, 0.3) is 0 Å². The van der Waals surface area contributed by atoms with Crippen LogP contribution >= 0.6 is 0 Å². The third-order valence-corrected chi connectivity index (χ3v) is 3.77. The van der Waals surface area contributed by atoms with E-state index in [9.17, 15) is 14.0 Å². The highest BCUT2D eigenvalue weighted by atomic mass is 19.1. The molecule has 7 heteroatoms. The van der Waals surface area contributed by atoms with Gasteiger partial charge in [0.1, 0.15) is 11.6 Å². The van der Waals surface area contributed by atoms with E-state index in [-0.39, 0.29) is 18.2 Å². The van der Waals surface area contributed by atoms with Crippen molar-refractivity contribution in [1.29, 1.82) is 0 Å². The van der Waals surface area contributed by atoms with Crippen LogP contribution in [0.25, 0.3) is 0 Å². The van der Waals surface area contributed by atoms with Gasteiger partial charge < -0.3 is 10.6 Å². The van der Waals surface area contributed by atoms with Crippen molar-refractivity contribution in [2.45, 2.75) is 32.2 Å². The number of hydrogen-bond acceptors (Lipinski definition) is 3. The summed E-state index contributed by atoms with van der Waals surface area (Å²) in [7, 11) is 0. The summed E-state index contributed by atoms with van der Waals surface area (Å²) < 4.78 is 15.0. The molecule has 6 nitrogen and oxygen atoms in total. The number of nitrogens with zero attached hydrogens (tertiary/aromatic N) is 2. The van der Waals surface area contributed by atoms with Crippen molar-refractivity contribution >= 4 is 23.3 Å². The lowest BCUT2D eigenvalue weighted by atomic mass is 9.89. The molecule has 2 N–H and O–H groups in total. The van der Waals surface area contributed by atoms with E-state index in [0.717, 1.165) is 6.42 Å². The Kier molecular flexibility index (Phi) is 4.10. The van der Waals surface area contributed by atoms with Crippen LogP contribution in [0.15, 0.2) is 30.5 Å². The highest BCUT2D eigenvalue weighted by molar-refractivity contribution is 6.04. The number of carbonyl (C=O) groups excluding carboxylic acids is 2. The third kappa shape index (κ3) is 3.08. The second kappa shape index (κ2) is 6.20. The topological polar surface area (TPSA) is 76.0 Å². The number of rotatable bonds is 4. The minimum atomic E-state index is -0.649. The molecule has 0 saturated carbocycles. The monoisotopic (exact) mass is 316 g/mol. The van der Waals surface area contributed by atoms with Gasteiger partial charge in [0, 0.05) is 24.7 Å². The Balaban J connectivity index is 1.85. The Morgan fingerprint density at radius 1 is 1.48 bits per heavy atom. The first kappa shape index (κ1) is 15.2. The van der Waals surface area contributed by atoms with Crippen LogP contribution in [0.5, 0.6) is 0 Å². The average molecular weight is 316 g/mol. The van der Waals surface area contributed by atoms with Crippen LogP contribution in [0.2, 0.25) is 0 Å². The predicted molar refractivity (Wildman–Crippen MR) is 83.5 cm³/mol. The summed E-state index contributed by atoms with van der Waals surface area (Å²) in [5, 5.41) is 9.56. The SMILES string of the molecule is CCCn1nccc1NC(=O)C1CC(=O)Nc2cc(F)ccc21. The summed E-state index contributed by atoms with van der Waals surface area (Å²) in [6.45, 7) is 2.71. The molecule has 0 aliphatic carbocycles. The van der Waals surface area contributed by atoms with Crippen molar-refractivity contribution in [2.75, 3.05) is 10.6 Å². The fourth-order valence-corrected chi connectivity index (χ4v) is 2.71. The Morgan fingerprint density at radius 2 is 2.30 bits per heavy atom. The van der Waals surface area contributed by atoms with Gasteiger partial charge in [-0.15, -0.1) is 0 Å². The molecule has 120 valence electrons. The zero-order valence-corrected chi connectivity index (χ0v) is 12.7. The van der Waals surface area contributed by atoms with Gasteiger partial charge >= 0.3 is 0 Å². The molecule has 0 saturated heterocycles. The summed E-state index contributed by atoms with van der Waals surface area (Å²) >= 11 is 0. The van der Waals surface area contributed by atoms with E-state index in [4.69, 9.17) is 0 Å². The molecule has 0 spiro atoms. The molecule has 2 heterocycles. The van der Waals surface area contributed by atoms with Crippen LogP contribution in [-0.4, -0.2) is 21.6 Å². The van der Waals surface area contributed by atoms with E-state index < -0.39 is 11.7 Å². The normalized spacial score (nSPS) is 16.6. The van der Waals surface area contributed by atoms with E-state index in [1.165, 1.54) is 18.2 Å². The molecule has 0 bridgehead atoms. The van der Waals surface area contributed by atoms with Crippen LogP contribution in [0.4, 0.5) is 15.9 Å². The summed E-state index contributed by atoms with van der Waals surface area (Å²) in [6, 6.07) is 5.77. The smallest absolute Gasteiger partial charge is 0.233 e. The summed E-state index contributed by atoms with van der Waals surface area (Å²) in [6.07, 6.45) is 2.53. The Labute approximate surface area is 132 Å². The molecule has 0 radical (unpaired) electrons. The zero-order chi connectivity index (χ0) is 16.4. The Morgan fingerprint density at radius 3 is 3.09 bits per heavy atom. The standard InChI is InChI=1S/C16H17FN4O2/c1-2-7-21-14(5-6-18-21)20-16(23)12-9-15(22)19-13-8-10(17)3-4-11(12)13/h3-6,8,12H,2,7,9H2,1H3,(H,19,22)(H,20,23). The lowest BCUT2D eigenvalue weighted by Gasteiger charge is -2.25. The third-order valence-electron chi connectivity index (χ3n) is 3.77. The minimum absolute atomic E-state index is 0.0341. The molecular formula is C16H17FN4O2. The van der Waals surface area contributed by atoms with E-state index in [1.807, 2.05) is 6.92 Å². The van der Waals surface area contributed by atoms with Crippen molar-refractivity contribution < 1.29 is 14.0 Å². The number of halogens is 1. The van der Waals surface area contributed by atoms with Crippen LogP contribution in [-0.2, 0) is 16.1 Å². The second-order valence-electron chi connectivity index (χ2n) is 5.47. The number of anilines is 2. The fraction of sp³-hybridized carbons (Fsp3) is 0.312. The van der Waals surface area contributed by atoms with E-state index >= 15 is 0 Å². The quantitative estimate of drug-likeness (QED) is 0.910. The van der Waals surface area contributed by atoms with E-state index in [2.05, 4.69) is 15.7 Å². The summed E-state index contributed by atoms with van der Waals surface area (Å²) in [5.41, 5.74) is 0.966. The van der Waals surface area contributed by atoms with Crippen LogP contribution in [0, 0.1) is 5.82 Å². The van der Waals surface area contributed by atoms with Gasteiger partial charge in [0.2, 0.25) is 11.8 Å². The summed E-state index contributed by atoms with van der Waals surface area (Å²) in [4.78, 5) is 24.4. The van der Waals surface area contributed by atoms with Gasteiger partial charge in [-0.2, -0.15) is 5.10 Å². The molecule has 1 aromatic carbocycles. The maximum absolute atomic E-state index is 13.3. The lowest BCUT2D eigenvalue weighted by molar-refractivity contribution is -0.123. The van der Waals surface area contributed by atoms with Gasteiger partial charge in [-0.25, -0.2) is 9.07 Å². The number of aromatic nitrogens is 2. The maximum atomic E-state index is 13.3. The van der Waals surface area contributed by atoms with Crippen molar-refractivity contribution in [3.63, 3.8) is 0 Å². The van der Waals surface area contributed by atoms with E-state index in [0.29, 0.717) is 23.6 Å². The van der Waals surface area contributed by atoms with Gasteiger partial charge in [-0.3, -0.25) is 9.59 Å². The zero-order valence-electron chi connectivity index (χ0n) is 12.7. The van der Waals surface area contributed by atoms with E-state index in [1.54, 1.807) is 16.9 Å². The number of hydrogen-bond donors (Lipinski definition) is 2. The van der Waals surface area contributed by atoms with Crippen molar-refractivity contribution in [3.05, 3.63) is 41.8 Å². The lowest BCUT2D eigenvalue weighted by Crippen LogP contribution is -2.31. The van der Waals surface area contributed by atoms with Gasteiger partial charge in [-0.1, -0.05) is 13.0 Å². The molecule has 0 fully saturated rings. The van der Waals surface area contributed by atoms with Crippen LogP contribution in [0.1, 0.15) is 31.2 Å². The molecule has 1 atom stereocenters. The van der Waals surface area contributed by atoms with Crippen LogP contribution < -0.4 is 10.6 Å². The molecule has 2 amide bonds. The molecule has 23 heavy (non-hydrogen) atoms. The number of nitrogens with one attached hydrogen (secondary N) is 2. The number of fused-ring (bicyclic) bond motifs is 1. The second-order valence-corrected chi connectivity index (χ2v) is 5.47. The highest BCUT2D eigenvalue weighted by Gasteiger charge is 2.31. The fourth-order valence-electron chi connectivity index (χ4n) is 2.71. The average Bonchev–Trinajstić information content (AvgIpc) is 2.93. The first-order valence-electron chi connectivity index (χ1n) is 7.50. The first-order chi connectivity index (χ1) is 11.1. The van der Waals surface area contributed by atoms with Gasteiger partial charge in [0.05, 0.1) is 12.1 Å². The highest BCUT2D eigenvalue weighted by Crippen LogP contribution is 2.33. The Bertz CT molecular complexity index is 756. The Hall–Kier alpha value is -2.70. The largest absolute Gasteiger partial charge is 0.326 e. The molecule has 3 rings (SSSR count). The minimum Gasteiger partial charge on any atom is -0.326 e. The molecule has 1 unspecified atom stereocenters. The van der Waals surface area contributed by atoms with Crippen molar-refractivity contribution in [1.82, 2.24) is 9.78 Å². The molecule has 1 aromatic heterocycles.